The topological polar surface area (TPSA) is 76.1 Å². The highest BCUT2D eigenvalue weighted by molar-refractivity contribution is 5.67. The summed E-state index contributed by atoms with van der Waals surface area (Å²) >= 11 is 0. The van der Waals surface area contributed by atoms with Crippen molar-refractivity contribution < 1.29 is 0 Å². The lowest BCUT2D eigenvalue weighted by molar-refractivity contribution is 0.409. The molecule has 1 fully saturated rings. The summed E-state index contributed by atoms with van der Waals surface area (Å²) in [6, 6.07) is 18.5. The lowest BCUT2D eigenvalue weighted by Gasteiger charge is -2.25. The first kappa shape index (κ1) is 24.1. The highest BCUT2D eigenvalue weighted by atomic mass is 15.0. The van der Waals surface area contributed by atoms with E-state index in [1.807, 2.05) is 48.5 Å². The molecule has 1 saturated carbocycles. The summed E-state index contributed by atoms with van der Waals surface area (Å²) in [6.07, 6.45) is 11.2. The van der Waals surface area contributed by atoms with Gasteiger partial charge in [-0.1, -0.05) is 88.6 Å². The number of hydrogen-bond acceptors (Lipinski definition) is 4. The Morgan fingerprint density at radius 3 is 2.26 bits per heavy atom. The molecule has 0 aliphatic heterocycles. The molecule has 3 rings (SSSR count). The molecule has 0 radical (unpaired) electrons. The standard InChI is InChI=1S/C24H30N4.C3H8/c1-18(27-21-12-6-3-7-13-21)20-11-8-14-22(17-20)28-24(26)16-15-23(25)19-9-4-2-5-10-19;1-3-2/h2,4-5,8-11,14-17,21,27-28H,1,3,6-7,12-13,25-26H2;3H2,1-2H3/b23-15-,24-16+;. The van der Waals surface area contributed by atoms with Crippen LogP contribution in [0.25, 0.3) is 11.4 Å². The number of hydrogen-bond donors (Lipinski definition) is 4. The van der Waals surface area contributed by atoms with Crippen LogP contribution in [0.5, 0.6) is 0 Å². The van der Waals surface area contributed by atoms with Crippen LogP contribution in [0.3, 0.4) is 0 Å². The van der Waals surface area contributed by atoms with Gasteiger partial charge in [0, 0.05) is 23.1 Å². The maximum Gasteiger partial charge on any atom is 0.101 e. The van der Waals surface area contributed by atoms with Gasteiger partial charge in [0.15, 0.2) is 0 Å². The maximum absolute atomic E-state index is 6.12. The molecule has 0 spiro atoms. The Hall–Kier alpha value is -3.14. The van der Waals surface area contributed by atoms with Crippen LogP contribution in [0.15, 0.2) is 79.1 Å². The fraction of sp³-hybridized carbons (Fsp3) is 0.333. The predicted molar refractivity (Wildman–Crippen MR) is 136 cm³/mol. The van der Waals surface area contributed by atoms with Crippen LogP contribution < -0.4 is 22.1 Å². The Labute approximate surface area is 188 Å². The Morgan fingerprint density at radius 2 is 1.58 bits per heavy atom. The van der Waals surface area contributed by atoms with Gasteiger partial charge >= 0.3 is 0 Å². The summed E-state index contributed by atoms with van der Waals surface area (Å²) in [5.74, 6) is 0.530. The SMILES string of the molecule is C=C(NC1CCCCC1)c1cccc(N/C(N)=C/C=C(\N)c2ccccc2)c1.CCC. The van der Waals surface area contributed by atoms with E-state index in [1.54, 1.807) is 6.08 Å². The molecule has 0 saturated heterocycles. The molecule has 0 aromatic heterocycles. The van der Waals surface area contributed by atoms with Gasteiger partial charge in [-0.3, -0.25) is 0 Å². The maximum atomic E-state index is 6.12. The van der Waals surface area contributed by atoms with E-state index in [9.17, 15) is 0 Å². The van der Waals surface area contributed by atoms with Gasteiger partial charge in [0.05, 0.1) is 0 Å². The first-order valence-corrected chi connectivity index (χ1v) is 11.3. The fourth-order valence-corrected chi connectivity index (χ4v) is 3.48. The summed E-state index contributed by atoms with van der Waals surface area (Å²) in [6.45, 7) is 8.47. The van der Waals surface area contributed by atoms with Crippen molar-refractivity contribution >= 4 is 17.1 Å². The first-order chi connectivity index (χ1) is 15.0. The third kappa shape index (κ3) is 8.63. The van der Waals surface area contributed by atoms with E-state index < -0.39 is 0 Å². The summed E-state index contributed by atoms with van der Waals surface area (Å²) in [4.78, 5) is 0. The molecule has 6 N–H and O–H groups in total. The molecule has 4 heteroatoms. The van der Waals surface area contributed by atoms with E-state index in [2.05, 4.69) is 43.2 Å². The van der Waals surface area contributed by atoms with Crippen molar-refractivity contribution in [1.29, 1.82) is 0 Å². The van der Waals surface area contributed by atoms with Crippen molar-refractivity contribution in [2.45, 2.75) is 58.4 Å². The highest BCUT2D eigenvalue weighted by Crippen LogP contribution is 2.22. The van der Waals surface area contributed by atoms with E-state index in [1.165, 1.54) is 38.5 Å². The molecular weight excluding hydrogens is 380 g/mol. The van der Waals surface area contributed by atoms with Crippen LogP contribution in [-0.2, 0) is 0 Å². The Morgan fingerprint density at radius 1 is 0.935 bits per heavy atom. The van der Waals surface area contributed by atoms with Crippen molar-refractivity contribution in [1.82, 2.24) is 5.32 Å². The molecule has 31 heavy (non-hydrogen) atoms. The minimum Gasteiger partial charge on any atom is -0.398 e. The van der Waals surface area contributed by atoms with Crippen LogP contribution in [0, 0.1) is 0 Å². The van der Waals surface area contributed by atoms with E-state index in [0.29, 0.717) is 17.6 Å². The molecule has 0 heterocycles. The van der Waals surface area contributed by atoms with Gasteiger partial charge in [0.2, 0.25) is 0 Å². The van der Waals surface area contributed by atoms with E-state index in [4.69, 9.17) is 11.5 Å². The van der Waals surface area contributed by atoms with Crippen LogP contribution in [-0.4, -0.2) is 6.04 Å². The van der Waals surface area contributed by atoms with E-state index >= 15 is 0 Å². The van der Waals surface area contributed by atoms with Gasteiger partial charge in [-0.25, -0.2) is 0 Å². The normalized spacial score (nSPS) is 14.9. The number of rotatable bonds is 7. The highest BCUT2D eigenvalue weighted by Gasteiger charge is 2.14. The predicted octanol–water partition coefficient (Wildman–Crippen LogP) is 6.21. The number of allylic oxidation sites excluding steroid dienone is 2. The average Bonchev–Trinajstić information content (AvgIpc) is 2.79. The van der Waals surface area contributed by atoms with Crippen molar-refractivity contribution in [3.63, 3.8) is 0 Å². The molecule has 0 amide bonds. The van der Waals surface area contributed by atoms with Gasteiger partial charge in [-0.15, -0.1) is 0 Å². The van der Waals surface area contributed by atoms with Crippen LogP contribution in [0.2, 0.25) is 0 Å². The molecule has 0 unspecified atom stereocenters. The second kappa shape index (κ2) is 13.2. The molecule has 0 bridgehead atoms. The molecular formula is C27H38N4. The molecule has 166 valence electrons. The van der Waals surface area contributed by atoms with Gasteiger partial charge in [-0.2, -0.15) is 0 Å². The van der Waals surface area contributed by atoms with Crippen LogP contribution >= 0.6 is 0 Å². The summed E-state index contributed by atoms with van der Waals surface area (Å²) < 4.78 is 0. The van der Waals surface area contributed by atoms with Gasteiger partial charge in [0.1, 0.15) is 5.82 Å². The lowest BCUT2D eigenvalue weighted by Crippen LogP contribution is -2.29. The van der Waals surface area contributed by atoms with Crippen molar-refractivity contribution in [2.24, 2.45) is 11.5 Å². The zero-order chi connectivity index (χ0) is 22.5. The largest absolute Gasteiger partial charge is 0.398 e. The van der Waals surface area contributed by atoms with Crippen molar-refractivity contribution in [3.8, 4) is 0 Å². The molecule has 1 aliphatic carbocycles. The summed E-state index contributed by atoms with van der Waals surface area (Å²) in [5, 5.41) is 6.80. The molecule has 2 aromatic carbocycles. The average molecular weight is 419 g/mol. The third-order valence-corrected chi connectivity index (χ3v) is 5.03. The minimum atomic E-state index is 0.530. The van der Waals surface area contributed by atoms with Gasteiger partial charge < -0.3 is 22.1 Å². The summed E-state index contributed by atoms with van der Waals surface area (Å²) in [7, 11) is 0. The monoisotopic (exact) mass is 418 g/mol. The second-order valence-electron chi connectivity index (χ2n) is 7.98. The van der Waals surface area contributed by atoms with E-state index in [-0.39, 0.29) is 0 Å². The number of nitrogens with two attached hydrogens (primary N) is 2. The first-order valence-electron chi connectivity index (χ1n) is 11.3. The zero-order valence-electron chi connectivity index (χ0n) is 19.0. The number of benzene rings is 2. The Balaban J connectivity index is 0.00000107. The van der Waals surface area contributed by atoms with Crippen LogP contribution in [0.4, 0.5) is 5.69 Å². The zero-order valence-corrected chi connectivity index (χ0v) is 19.0. The summed E-state index contributed by atoms with van der Waals surface area (Å²) in [5.41, 5.74) is 16.8. The lowest BCUT2D eigenvalue weighted by atomic mass is 9.95. The quantitative estimate of drug-likeness (QED) is 0.403. The van der Waals surface area contributed by atoms with Gasteiger partial charge in [-0.05, 0) is 48.3 Å². The molecule has 1 aliphatic rings. The van der Waals surface area contributed by atoms with Crippen molar-refractivity contribution in [2.75, 3.05) is 5.32 Å². The molecule has 0 atom stereocenters. The van der Waals surface area contributed by atoms with E-state index in [0.717, 1.165) is 22.5 Å². The Bertz CT molecular complexity index is 862. The van der Waals surface area contributed by atoms with Crippen LogP contribution in [0.1, 0.15) is 63.5 Å². The number of anilines is 1. The fourth-order valence-electron chi connectivity index (χ4n) is 3.48. The second-order valence-corrected chi connectivity index (χ2v) is 7.98. The third-order valence-electron chi connectivity index (χ3n) is 5.03. The van der Waals surface area contributed by atoms with Gasteiger partial charge in [0.25, 0.3) is 0 Å². The minimum absolute atomic E-state index is 0.530. The number of nitrogens with one attached hydrogen (secondary N) is 2. The molecule has 2 aromatic rings. The molecule has 4 nitrogen and oxygen atoms in total. The Kier molecular flexibility index (Phi) is 10.3. The van der Waals surface area contributed by atoms with Crippen molar-refractivity contribution in [3.05, 3.63) is 90.3 Å². The smallest absolute Gasteiger partial charge is 0.101 e.